The van der Waals surface area contributed by atoms with E-state index in [0.717, 1.165) is 5.69 Å². The fourth-order valence-electron chi connectivity index (χ4n) is 1.62. The Kier molecular flexibility index (Phi) is 4.28. The van der Waals surface area contributed by atoms with Crippen LogP contribution in [0.2, 0.25) is 10.0 Å². The predicted octanol–water partition coefficient (Wildman–Crippen LogP) is 3.27. The molecule has 0 saturated carbocycles. The predicted molar refractivity (Wildman–Crippen MR) is 75.7 cm³/mol. The Morgan fingerprint density at radius 2 is 1.83 bits per heavy atom. The molecule has 1 N–H and O–H groups in total. The van der Waals surface area contributed by atoms with Crippen LogP contribution in [-0.2, 0) is 6.54 Å². The van der Waals surface area contributed by atoms with Crippen molar-refractivity contribution < 1.29 is 0 Å². The van der Waals surface area contributed by atoms with E-state index in [2.05, 4.69) is 5.32 Å². The number of nitrogens with zero attached hydrogens (tertiary/aromatic N) is 1. The second-order valence-corrected chi connectivity index (χ2v) is 4.69. The van der Waals surface area contributed by atoms with Crippen molar-refractivity contribution in [2.24, 2.45) is 0 Å². The van der Waals surface area contributed by atoms with Gasteiger partial charge in [0.05, 0.1) is 0 Å². The number of hydrogen-bond acceptors (Lipinski definition) is 2. The van der Waals surface area contributed by atoms with Crippen molar-refractivity contribution in [3.8, 4) is 0 Å². The largest absolute Gasteiger partial charge is 0.383 e. The molecule has 0 saturated heterocycles. The van der Waals surface area contributed by atoms with Crippen LogP contribution in [0.5, 0.6) is 0 Å². The first-order valence-electron chi connectivity index (χ1n) is 5.50. The lowest BCUT2D eigenvalue weighted by Crippen LogP contribution is -2.21. The van der Waals surface area contributed by atoms with E-state index in [1.807, 2.05) is 6.07 Å². The molecule has 0 spiro atoms. The summed E-state index contributed by atoms with van der Waals surface area (Å²) in [5, 5.41) is 4.34. The number of nitrogens with one attached hydrogen (secondary N) is 1. The molecule has 0 aliphatic rings. The van der Waals surface area contributed by atoms with E-state index in [1.165, 1.54) is 6.07 Å². The average Bonchev–Trinajstić information content (AvgIpc) is 2.30. The third kappa shape index (κ3) is 3.52. The molecular weight excluding hydrogens is 271 g/mol. The van der Waals surface area contributed by atoms with Crippen LogP contribution in [0, 0.1) is 0 Å². The van der Waals surface area contributed by atoms with Crippen LogP contribution >= 0.6 is 23.2 Å². The Balaban J connectivity index is 1.96. The van der Waals surface area contributed by atoms with E-state index in [9.17, 15) is 4.79 Å². The second-order valence-electron chi connectivity index (χ2n) is 3.82. The highest BCUT2D eigenvalue weighted by Crippen LogP contribution is 2.22. The molecule has 0 atom stereocenters. The van der Waals surface area contributed by atoms with Gasteiger partial charge >= 0.3 is 0 Å². The summed E-state index contributed by atoms with van der Waals surface area (Å²) in [7, 11) is 0. The molecular formula is C13H12Cl2N2O. The van der Waals surface area contributed by atoms with Crippen molar-refractivity contribution >= 4 is 28.9 Å². The van der Waals surface area contributed by atoms with Gasteiger partial charge in [-0.25, -0.2) is 0 Å². The molecule has 0 bridgehead atoms. The van der Waals surface area contributed by atoms with Crippen molar-refractivity contribution in [3.05, 3.63) is 63.0 Å². The molecule has 5 heteroatoms. The molecule has 94 valence electrons. The lowest BCUT2D eigenvalue weighted by atomic mass is 10.3. The van der Waals surface area contributed by atoms with Crippen LogP contribution in [0.1, 0.15) is 0 Å². The van der Waals surface area contributed by atoms with E-state index >= 15 is 0 Å². The normalized spacial score (nSPS) is 10.3. The fraction of sp³-hybridized carbons (Fsp3) is 0.154. The van der Waals surface area contributed by atoms with E-state index < -0.39 is 0 Å². The average molecular weight is 283 g/mol. The number of benzene rings is 1. The monoisotopic (exact) mass is 282 g/mol. The Hall–Kier alpha value is -1.45. The summed E-state index contributed by atoms with van der Waals surface area (Å²) in [5.41, 5.74) is 0.833. The van der Waals surface area contributed by atoms with Crippen molar-refractivity contribution in [1.29, 1.82) is 0 Å². The SMILES string of the molecule is O=c1ccccn1CCNc1cc(Cl)cc(Cl)c1. The highest BCUT2D eigenvalue weighted by molar-refractivity contribution is 6.35. The van der Waals surface area contributed by atoms with Crippen molar-refractivity contribution in [2.45, 2.75) is 6.54 Å². The zero-order chi connectivity index (χ0) is 13.0. The van der Waals surface area contributed by atoms with Crippen LogP contribution in [0.3, 0.4) is 0 Å². The van der Waals surface area contributed by atoms with Gasteiger partial charge in [0.25, 0.3) is 5.56 Å². The summed E-state index contributed by atoms with van der Waals surface area (Å²) in [4.78, 5) is 11.5. The molecule has 3 nitrogen and oxygen atoms in total. The number of hydrogen-bond donors (Lipinski definition) is 1. The van der Waals surface area contributed by atoms with Crippen molar-refractivity contribution in [2.75, 3.05) is 11.9 Å². The maximum Gasteiger partial charge on any atom is 0.250 e. The lowest BCUT2D eigenvalue weighted by molar-refractivity contribution is 0.697. The minimum absolute atomic E-state index is 0.0107. The van der Waals surface area contributed by atoms with Crippen molar-refractivity contribution in [1.82, 2.24) is 4.57 Å². The number of anilines is 1. The molecule has 0 radical (unpaired) electrons. The van der Waals surface area contributed by atoms with Gasteiger partial charge in [-0.15, -0.1) is 0 Å². The van der Waals surface area contributed by atoms with Gasteiger partial charge in [0, 0.05) is 41.1 Å². The molecule has 0 aliphatic heterocycles. The zero-order valence-electron chi connectivity index (χ0n) is 9.57. The maximum absolute atomic E-state index is 11.5. The van der Waals surface area contributed by atoms with Crippen LogP contribution in [0.25, 0.3) is 0 Å². The smallest absolute Gasteiger partial charge is 0.250 e. The Morgan fingerprint density at radius 3 is 2.50 bits per heavy atom. The van der Waals surface area contributed by atoms with E-state index in [-0.39, 0.29) is 5.56 Å². The highest BCUT2D eigenvalue weighted by atomic mass is 35.5. The van der Waals surface area contributed by atoms with Gasteiger partial charge < -0.3 is 9.88 Å². The van der Waals surface area contributed by atoms with Gasteiger partial charge in [-0.2, -0.15) is 0 Å². The van der Waals surface area contributed by atoms with E-state index in [1.54, 1.807) is 35.0 Å². The van der Waals surface area contributed by atoms with Crippen LogP contribution in [-0.4, -0.2) is 11.1 Å². The van der Waals surface area contributed by atoms with Crippen LogP contribution in [0.4, 0.5) is 5.69 Å². The lowest BCUT2D eigenvalue weighted by Gasteiger charge is -2.09. The first-order chi connectivity index (χ1) is 8.65. The third-order valence-electron chi connectivity index (χ3n) is 2.44. The number of halogens is 2. The maximum atomic E-state index is 11.5. The summed E-state index contributed by atoms with van der Waals surface area (Å²) in [6.45, 7) is 1.21. The highest BCUT2D eigenvalue weighted by Gasteiger charge is 1.98. The molecule has 1 aromatic carbocycles. The molecule has 1 heterocycles. The molecule has 2 aromatic rings. The Morgan fingerprint density at radius 1 is 1.11 bits per heavy atom. The number of rotatable bonds is 4. The van der Waals surface area contributed by atoms with Gasteiger partial charge in [0.15, 0.2) is 0 Å². The Bertz CT molecular complexity index is 575. The summed E-state index contributed by atoms with van der Waals surface area (Å²) >= 11 is 11.8. The minimum Gasteiger partial charge on any atom is -0.383 e. The first-order valence-corrected chi connectivity index (χ1v) is 6.26. The van der Waals surface area contributed by atoms with Gasteiger partial charge in [-0.1, -0.05) is 29.3 Å². The van der Waals surface area contributed by atoms with Gasteiger partial charge in [0.1, 0.15) is 0 Å². The van der Waals surface area contributed by atoms with Crippen molar-refractivity contribution in [3.63, 3.8) is 0 Å². The third-order valence-corrected chi connectivity index (χ3v) is 2.88. The summed E-state index contributed by atoms with van der Waals surface area (Å²) in [6, 6.07) is 10.4. The minimum atomic E-state index is -0.0107. The summed E-state index contributed by atoms with van der Waals surface area (Å²) in [5.74, 6) is 0. The van der Waals surface area contributed by atoms with E-state index in [4.69, 9.17) is 23.2 Å². The molecule has 18 heavy (non-hydrogen) atoms. The van der Waals surface area contributed by atoms with Gasteiger partial charge in [-0.05, 0) is 24.3 Å². The zero-order valence-corrected chi connectivity index (χ0v) is 11.1. The van der Waals surface area contributed by atoms with Crippen LogP contribution < -0.4 is 10.9 Å². The topological polar surface area (TPSA) is 34.0 Å². The number of aromatic nitrogens is 1. The first kappa shape index (κ1) is 13.0. The molecule has 0 unspecified atom stereocenters. The summed E-state index contributed by atoms with van der Waals surface area (Å²) in [6.07, 6.45) is 1.76. The van der Waals surface area contributed by atoms with Gasteiger partial charge in [0.2, 0.25) is 0 Å². The molecule has 0 fully saturated rings. The standard InChI is InChI=1S/C13H12Cl2N2O/c14-10-7-11(15)9-12(8-10)16-4-6-17-5-2-1-3-13(17)18/h1-3,5,7-9,16H,4,6H2. The second kappa shape index (κ2) is 5.94. The van der Waals surface area contributed by atoms with Gasteiger partial charge in [-0.3, -0.25) is 4.79 Å². The Labute approximate surface area is 115 Å². The van der Waals surface area contributed by atoms with E-state index in [0.29, 0.717) is 23.1 Å². The quantitative estimate of drug-likeness (QED) is 0.934. The fourth-order valence-corrected chi connectivity index (χ4v) is 2.15. The molecule has 1 aromatic heterocycles. The molecule has 2 rings (SSSR count). The molecule has 0 amide bonds. The molecule has 0 aliphatic carbocycles. The van der Waals surface area contributed by atoms with Crippen LogP contribution in [0.15, 0.2) is 47.4 Å². The summed E-state index contributed by atoms with van der Waals surface area (Å²) < 4.78 is 1.64. The number of pyridine rings is 1.